The molecule has 7 heteroatoms. The molecule has 2 aliphatic rings. The van der Waals surface area contributed by atoms with Crippen molar-refractivity contribution in [1.29, 1.82) is 0 Å². The molecule has 2 saturated heterocycles. The molecule has 4 amide bonds. The third-order valence-electron chi connectivity index (χ3n) is 5.73. The molecule has 2 N–H and O–H groups in total. The molecule has 4 rings (SSSR count). The van der Waals surface area contributed by atoms with Crippen molar-refractivity contribution in [2.45, 2.75) is 38.5 Å². The highest BCUT2D eigenvalue weighted by Crippen LogP contribution is 2.25. The van der Waals surface area contributed by atoms with Crippen LogP contribution in [0.4, 0.5) is 21.0 Å². The van der Waals surface area contributed by atoms with Crippen molar-refractivity contribution >= 4 is 23.4 Å². The number of ether oxygens (including phenoxy) is 1. The third kappa shape index (κ3) is 5.90. The average Bonchev–Trinajstić information content (AvgIpc) is 2.82. The molecular formula is C24H30N4O3. The molecule has 0 spiro atoms. The molecule has 31 heavy (non-hydrogen) atoms. The lowest BCUT2D eigenvalue weighted by atomic mass is 10.1. The van der Waals surface area contributed by atoms with E-state index in [0.29, 0.717) is 11.5 Å². The number of piperidine rings is 2. The van der Waals surface area contributed by atoms with Crippen LogP contribution in [0.15, 0.2) is 48.5 Å². The minimum atomic E-state index is -0.0458. The lowest BCUT2D eigenvalue weighted by molar-refractivity contribution is 0.199. The molecule has 0 bridgehead atoms. The number of urea groups is 2. The van der Waals surface area contributed by atoms with Crippen LogP contribution in [0, 0.1) is 0 Å². The Labute approximate surface area is 183 Å². The van der Waals surface area contributed by atoms with Crippen molar-refractivity contribution in [2.75, 3.05) is 36.8 Å². The first kappa shape index (κ1) is 21.0. The average molecular weight is 423 g/mol. The second kappa shape index (κ2) is 10.2. The van der Waals surface area contributed by atoms with E-state index in [0.717, 1.165) is 63.2 Å². The molecule has 2 aromatic rings. The maximum atomic E-state index is 12.3. The van der Waals surface area contributed by atoms with E-state index in [1.807, 2.05) is 58.3 Å². The number of rotatable bonds is 4. The number of amides is 4. The highest BCUT2D eigenvalue weighted by Gasteiger charge is 2.17. The lowest BCUT2D eigenvalue weighted by Gasteiger charge is -2.26. The number of anilines is 2. The minimum Gasteiger partial charge on any atom is -0.457 e. The zero-order valence-corrected chi connectivity index (χ0v) is 17.8. The second-order valence-corrected chi connectivity index (χ2v) is 8.11. The summed E-state index contributed by atoms with van der Waals surface area (Å²) in [5, 5.41) is 5.89. The van der Waals surface area contributed by atoms with Crippen LogP contribution in [-0.4, -0.2) is 48.0 Å². The van der Waals surface area contributed by atoms with Crippen LogP contribution in [0.3, 0.4) is 0 Å². The van der Waals surface area contributed by atoms with Gasteiger partial charge in [-0.05, 0) is 87.1 Å². The Morgan fingerprint density at radius 2 is 0.935 bits per heavy atom. The standard InChI is InChI=1S/C24H30N4O3/c29-23(27-15-3-1-4-16-27)25-19-7-11-21(12-8-19)31-22-13-9-20(10-14-22)26-24(30)28-17-5-2-6-18-28/h7-14H,1-6,15-18H2,(H,25,29)(H,26,30). The fourth-order valence-electron chi connectivity index (χ4n) is 3.95. The molecule has 0 aromatic heterocycles. The summed E-state index contributed by atoms with van der Waals surface area (Å²) < 4.78 is 5.88. The van der Waals surface area contributed by atoms with Crippen LogP contribution in [0.5, 0.6) is 11.5 Å². The van der Waals surface area contributed by atoms with Gasteiger partial charge in [-0.3, -0.25) is 0 Å². The Hall–Kier alpha value is -3.22. The Kier molecular flexibility index (Phi) is 6.92. The largest absolute Gasteiger partial charge is 0.457 e. The first-order valence-electron chi connectivity index (χ1n) is 11.2. The Morgan fingerprint density at radius 1 is 0.581 bits per heavy atom. The summed E-state index contributed by atoms with van der Waals surface area (Å²) in [6.45, 7) is 3.28. The van der Waals surface area contributed by atoms with Crippen LogP contribution in [0.2, 0.25) is 0 Å². The number of hydrogen-bond acceptors (Lipinski definition) is 3. The molecule has 2 heterocycles. The van der Waals surface area contributed by atoms with E-state index in [9.17, 15) is 9.59 Å². The molecule has 0 radical (unpaired) electrons. The SMILES string of the molecule is O=C(Nc1ccc(Oc2ccc(NC(=O)N3CCCCC3)cc2)cc1)N1CCCCC1. The van der Waals surface area contributed by atoms with Crippen molar-refractivity contribution in [1.82, 2.24) is 9.80 Å². The summed E-state index contributed by atoms with van der Waals surface area (Å²) in [5.74, 6) is 1.36. The summed E-state index contributed by atoms with van der Waals surface area (Å²) >= 11 is 0. The summed E-state index contributed by atoms with van der Waals surface area (Å²) in [7, 11) is 0. The number of carbonyl (C=O) groups is 2. The maximum absolute atomic E-state index is 12.3. The van der Waals surface area contributed by atoms with Gasteiger partial charge in [0.25, 0.3) is 0 Å². The fourth-order valence-corrected chi connectivity index (χ4v) is 3.95. The Balaban J connectivity index is 1.27. The van der Waals surface area contributed by atoms with Gasteiger partial charge in [0, 0.05) is 37.6 Å². The van der Waals surface area contributed by atoms with Gasteiger partial charge in [-0.2, -0.15) is 0 Å². The van der Waals surface area contributed by atoms with Gasteiger partial charge in [-0.15, -0.1) is 0 Å². The smallest absolute Gasteiger partial charge is 0.321 e. The summed E-state index contributed by atoms with van der Waals surface area (Å²) in [6, 6.07) is 14.6. The number of likely N-dealkylation sites (tertiary alicyclic amines) is 2. The number of carbonyl (C=O) groups excluding carboxylic acids is 2. The predicted octanol–water partition coefficient (Wildman–Crippen LogP) is 5.51. The molecule has 2 aliphatic heterocycles. The highest BCUT2D eigenvalue weighted by atomic mass is 16.5. The number of nitrogens with one attached hydrogen (secondary N) is 2. The zero-order valence-electron chi connectivity index (χ0n) is 17.8. The van der Waals surface area contributed by atoms with E-state index < -0.39 is 0 Å². The maximum Gasteiger partial charge on any atom is 0.321 e. The number of nitrogens with zero attached hydrogens (tertiary/aromatic N) is 2. The van der Waals surface area contributed by atoms with Crippen molar-refractivity contribution in [3.05, 3.63) is 48.5 Å². The summed E-state index contributed by atoms with van der Waals surface area (Å²) in [5.41, 5.74) is 1.50. The van der Waals surface area contributed by atoms with Gasteiger partial charge in [-0.25, -0.2) is 9.59 Å². The van der Waals surface area contributed by atoms with E-state index in [-0.39, 0.29) is 12.1 Å². The highest BCUT2D eigenvalue weighted by molar-refractivity contribution is 5.90. The van der Waals surface area contributed by atoms with Crippen LogP contribution in [0.25, 0.3) is 0 Å². The minimum absolute atomic E-state index is 0.0458. The fraction of sp³-hybridized carbons (Fsp3) is 0.417. The Morgan fingerprint density at radius 3 is 1.29 bits per heavy atom. The van der Waals surface area contributed by atoms with Gasteiger partial charge >= 0.3 is 12.1 Å². The van der Waals surface area contributed by atoms with Crippen molar-refractivity contribution in [3.63, 3.8) is 0 Å². The van der Waals surface area contributed by atoms with Crippen molar-refractivity contribution in [2.24, 2.45) is 0 Å². The van der Waals surface area contributed by atoms with Crippen LogP contribution >= 0.6 is 0 Å². The van der Waals surface area contributed by atoms with Crippen molar-refractivity contribution in [3.8, 4) is 11.5 Å². The van der Waals surface area contributed by atoms with Gasteiger partial charge in [0.05, 0.1) is 0 Å². The van der Waals surface area contributed by atoms with E-state index in [1.165, 1.54) is 12.8 Å². The zero-order chi connectivity index (χ0) is 21.5. The molecule has 0 unspecified atom stereocenters. The second-order valence-electron chi connectivity index (χ2n) is 8.11. The molecule has 2 aromatic carbocycles. The van der Waals surface area contributed by atoms with E-state index >= 15 is 0 Å². The van der Waals surface area contributed by atoms with Crippen LogP contribution < -0.4 is 15.4 Å². The third-order valence-corrected chi connectivity index (χ3v) is 5.73. The van der Waals surface area contributed by atoms with Crippen molar-refractivity contribution < 1.29 is 14.3 Å². The number of benzene rings is 2. The van der Waals surface area contributed by atoms with Gasteiger partial charge in [0.1, 0.15) is 11.5 Å². The predicted molar refractivity (Wildman–Crippen MR) is 122 cm³/mol. The lowest BCUT2D eigenvalue weighted by Crippen LogP contribution is -2.38. The summed E-state index contributed by atoms with van der Waals surface area (Å²) in [4.78, 5) is 28.3. The molecule has 0 aliphatic carbocycles. The quantitative estimate of drug-likeness (QED) is 0.682. The molecule has 0 atom stereocenters. The van der Waals surface area contributed by atoms with Crippen LogP contribution in [-0.2, 0) is 0 Å². The first-order valence-corrected chi connectivity index (χ1v) is 11.2. The van der Waals surface area contributed by atoms with Gasteiger partial charge in [0.15, 0.2) is 0 Å². The Bertz CT molecular complexity index is 797. The topological polar surface area (TPSA) is 73.9 Å². The van der Waals surface area contributed by atoms with Crippen LogP contribution in [0.1, 0.15) is 38.5 Å². The molecule has 0 saturated carbocycles. The monoisotopic (exact) mass is 422 g/mol. The van der Waals surface area contributed by atoms with Gasteiger partial charge < -0.3 is 25.2 Å². The van der Waals surface area contributed by atoms with Gasteiger partial charge in [0.2, 0.25) is 0 Å². The summed E-state index contributed by atoms with van der Waals surface area (Å²) in [6.07, 6.45) is 6.67. The first-order chi connectivity index (χ1) is 15.2. The molecular weight excluding hydrogens is 392 g/mol. The van der Waals surface area contributed by atoms with E-state index in [4.69, 9.17) is 4.74 Å². The van der Waals surface area contributed by atoms with E-state index in [1.54, 1.807) is 0 Å². The number of hydrogen-bond donors (Lipinski definition) is 2. The normalized spacial score (nSPS) is 16.5. The van der Waals surface area contributed by atoms with Gasteiger partial charge in [-0.1, -0.05) is 0 Å². The van der Waals surface area contributed by atoms with E-state index in [2.05, 4.69) is 10.6 Å². The molecule has 7 nitrogen and oxygen atoms in total. The molecule has 164 valence electrons. The molecule has 2 fully saturated rings.